The fourth-order valence-corrected chi connectivity index (χ4v) is 2.06. The van der Waals surface area contributed by atoms with Gasteiger partial charge in [-0.15, -0.1) is 0 Å². The van der Waals surface area contributed by atoms with Crippen LogP contribution in [-0.2, 0) is 30.3 Å². The Labute approximate surface area is 152 Å². The van der Waals surface area contributed by atoms with E-state index in [4.69, 9.17) is 4.74 Å². The minimum atomic E-state index is -1.21. The number of carbonyl (C=O) groups is 4. The molecule has 0 saturated carbocycles. The monoisotopic (exact) mass is 364 g/mol. The van der Waals surface area contributed by atoms with Crippen molar-refractivity contribution in [3.63, 3.8) is 0 Å². The number of imide groups is 1. The van der Waals surface area contributed by atoms with Gasteiger partial charge in [-0.25, -0.2) is 9.59 Å². The van der Waals surface area contributed by atoms with Crippen LogP contribution in [0, 0.1) is 5.92 Å². The van der Waals surface area contributed by atoms with Gasteiger partial charge in [0, 0.05) is 0 Å². The number of rotatable bonds is 7. The average Bonchev–Trinajstić information content (AvgIpc) is 2.59. The van der Waals surface area contributed by atoms with Gasteiger partial charge in [0.2, 0.25) is 5.91 Å². The smallest absolute Gasteiger partial charge is 0.413 e. The number of ether oxygens (including phenoxy) is 2. The molecular formula is C18H24N2O6. The molecule has 0 aliphatic carbocycles. The summed E-state index contributed by atoms with van der Waals surface area (Å²) in [5, 5.41) is 4.54. The number of benzene rings is 1. The van der Waals surface area contributed by atoms with E-state index in [1.165, 1.54) is 6.92 Å². The quantitative estimate of drug-likeness (QED) is 0.703. The predicted molar refractivity (Wildman–Crippen MR) is 93.0 cm³/mol. The molecule has 0 bridgehead atoms. The first-order valence-electron chi connectivity index (χ1n) is 8.17. The van der Waals surface area contributed by atoms with Crippen LogP contribution in [-0.4, -0.2) is 43.1 Å². The second kappa shape index (κ2) is 10.2. The summed E-state index contributed by atoms with van der Waals surface area (Å²) in [6.45, 7) is 4.81. The fourth-order valence-electron chi connectivity index (χ4n) is 2.06. The summed E-state index contributed by atoms with van der Waals surface area (Å²) in [4.78, 5) is 47.2. The molecule has 8 nitrogen and oxygen atoms in total. The maximum atomic E-state index is 12.3. The van der Waals surface area contributed by atoms with E-state index in [0.717, 1.165) is 12.7 Å². The van der Waals surface area contributed by atoms with Gasteiger partial charge in [0.1, 0.15) is 6.04 Å². The molecule has 2 N–H and O–H groups in total. The first kappa shape index (κ1) is 21.1. The van der Waals surface area contributed by atoms with E-state index >= 15 is 0 Å². The highest BCUT2D eigenvalue weighted by Crippen LogP contribution is 2.08. The summed E-state index contributed by atoms with van der Waals surface area (Å²) in [7, 11) is 1.11. The number of esters is 1. The first-order valence-corrected chi connectivity index (χ1v) is 8.17. The molecule has 1 aromatic rings. The molecule has 2 atom stereocenters. The molecule has 8 heteroatoms. The van der Waals surface area contributed by atoms with Gasteiger partial charge in [-0.1, -0.05) is 44.2 Å². The number of carbonyl (C=O) groups excluding carboxylic acids is 4. The van der Waals surface area contributed by atoms with Crippen molar-refractivity contribution in [2.45, 2.75) is 39.3 Å². The Morgan fingerprint density at radius 3 is 2.19 bits per heavy atom. The average molecular weight is 364 g/mol. The highest BCUT2D eigenvalue weighted by molar-refractivity contribution is 5.95. The van der Waals surface area contributed by atoms with Crippen LogP contribution < -0.4 is 10.6 Å². The van der Waals surface area contributed by atoms with Crippen molar-refractivity contribution in [1.82, 2.24) is 10.6 Å². The van der Waals surface area contributed by atoms with Gasteiger partial charge in [-0.2, -0.15) is 0 Å². The van der Waals surface area contributed by atoms with Crippen molar-refractivity contribution in [1.29, 1.82) is 0 Å². The van der Waals surface area contributed by atoms with Gasteiger partial charge in [-0.3, -0.25) is 14.9 Å². The molecule has 0 heterocycles. The van der Waals surface area contributed by atoms with Crippen LogP contribution in [0.4, 0.5) is 4.79 Å². The maximum Gasteiger partial charge on any atom is 0.413 e. The summed E-state index contributed by atoms with van der Waals surface area (Å²) in [6.07, 6.45) is -2.04. The predicted octanol–water partition coefficient (Wildman–Crippen LogP) is 1.18. The van der Waals surface area contributed by atoms with E-state index in [2.05, 4.69) is 10.1 Å². The van der Waals surface area contributed by atoms with Gasteiger partial charge < -0.3 is 14.8 Å². The molecule has 0 spiro atoms. The zero-order chi connectivity index (χ0) is 19.7. The standard InChI is InChI=1S/C18H24N2O6/c1-11(2)15(19-14(21)10-13-8-6-5-7-9-13)17(23)26-12(3)16(22)20-18(24)25-4/h5-9,11-12,15H,10H2,1-4H3,(H,19,21)(H,20,22,24)/t12-,15-/m0/s1. The van der Waals surface area contributed by atoms with Crippen molar-refractivity contribution >= 4 is 23.9 Å². The van der Waals surface area contributed by atoms with E-state index < -0.39 is 30.1 Å². The van der Waals surface area contributed by atoms with Gasteiger partial charge in [0.25, 0.3) is 5.91 Å². The van der Waals surface area contributed by atoms with E-state index in [0.29, 0.717) is 0 Å². The Balaban J connectivity index is 2.64. The van der Waals surface area contributed by atoms with Crippen LogP contribution in [0.5, 0.6) is 0 Å². The Bertz CT molecular complexity index is 644. The highest BCUT2D eigenvalue weighted by atomic mass is 16.6. The lowest BCUT2D eigenvalue weighted by Crippen LogP contribution is -2.48. The number of amides is 3. The van der Waals surface area contributed by atoms with Crippen LogP contribution >= 0.6 is 0 Å². The van der Waals surface area contributed by atoms with E-state index in [9.17, 15) is 19.2 Å². The van der Waals surface area contributed by atoms with Gasteiger partial charge in [0.05, 0.1) is 13.5 Å². The van der Waals surface area contributed by atoms with Gasteiger partial charge >= 0.3 is 12.1 Å². The minimum absolute atomic E-state index is 0.121. The zero-order valence-corrected chi connectivity index (χ0v) is 15.3. The zero-order valence-electron chi connectivity index (χ0n) is 15.3. The Morgan fingerprint density at radius 2 is 1.65 bits per heavy atom. The molecule has 0 saturated heterocycles. The fraction of sp³-hybridized carbons (Fsp3) is 0.444. The molecule has 3 amide bonds. The van der Waals surface area contributed by atoms with Crippen molar-refractivity contribution in [3.05, 3.63) is 35.9 Å². The third-order valence-electron chi connectivity index (χ3n) is 3.52. The molecule has 1 aromatic carbocycles. The topological polar surface area (TPSA) is 111 Å². The van der Waals surface area contributed by atoms with Crippen molar-refractivity contribution < 1.29 is 28.7 Å². The van der Waals surface area contributed by atoms with Gasteiger partial charge in [0.15, 0.2) is 6.10 Å². The molecule has 0 radical (unpaired) electrons. The number of methoxy groups -OCH3 is 1. The third-order valence-corrected chi connectivity index (χ3v) is 3.52. The van der Waals surface area contributed by atoms with Crippen LogP contribution in [0.1, 0.15) is 26.3 Å². The second-order valence-corrected chi connectivity index (χ2v) is 6.01. The maximum absolute atomic E-state index is 12.3. The van der Waals surface area contributed by atoms with Gasteiger partial charge in [-0.05, 0) is 18.4 Å². The molecule has 142 valence electrons. The summed E-state index contributed by atoms with van der Waals surface area (Å²) in [6, 6.07) is 8.18. The molecule has 26 heavy (non-hydrogen) atoms. The lowest BCUT2D eigenvalue weighted by atomic mass is 10.0. The lowest BCUT2D eigenvalue weighted by molar-refractivity contribution is -0.158. The van der Waals surface area contributed by atoms with Crippen molar-refractivity contribution in [2.75, 3.05) is 7.11 Å². The number of alkyl carbamates (subject to hydrolysis) is 1. The minimum Gasteiger partial charge on any atom is -0.453 e. The highest BCUT2D eigenvalue weighted by Gasteiger charge is 2.29. The largest absolute Gasteiger partial charge is 0.453 e. The second-order valence-electron chi connectivity index (χ2n) is 6.01. The Morgan fingerprint density at radius 1 is 1.04 bits per heavy atom. The summed E-state index contributed by atoms with van der Waals surface area (Å²) >= 11 is 0. The molecule has 1 rings (SSSR count). The van der Waals surface area contributed by atoms with Crippen molar-refractivity contribution in [2.24, 2.45) is 5.92 Å². The summed E-state index contributed by atoms with van der Waals surface area (Å²) < 4.78 is 9.36. The lowest BCUT2D eigenvalue weighted by Gasteiger charge is -2.22. The van der Waals surface area contributed by atoms with Crippen LogP contribution in [0.25, 0.3) is 0 Å². The summed E-state index contributed by atoms with van der Waals surface area (Å²) in [5.74, 6) is -2.16. The van der Waals surface area contributed by atoms with Crippen LogP contribution in [0.15, 0.2) is 30.3 Å². The number of hydrogen-bond donors (Lipinski definition) is 2. The van der Waals surface area contributed by atoms with E-state index in [1.807, 2.05) is 35.6 Å². The van der Waals surface area contributed by atoms with Crippen LogP contribution in [0.2, 0.25) is 0 Å². The number of hydrogen-bond acceptors (Lipinski definition) is 6. The third kappa shape index (κ3) is 6.92. The number of nitrogens with one attached hydrogen (secondary N) is 2. The molecular weight excluding hydrogens is 340 g/mol. The summed E-state index contributed by atoms with van der Waals surface area (Å²) in [5.41, 5.74) is 0.812. The molecule has 0 aromatic heterocycles. The van der Waals surface area contributed by atoms with E-state index in [-0.39, 0.29) is 18.2 Å². The Hall–Kier alpha value is -2.90. The Kier molecular flexibility index (Phi) is 8.27. The molecule has 0 fully saturated rings. The molecule has 0 unspecified atom stereocenters. The normalized spacial score (nSPS) is 12.7. The molecule has 0 aliphatic heterocycles. The van der Waals surface area contributed by atoms with Crippen molar-refractivity contribution in [3.8, 4) is 0 Å². The van der Waals surface area contributed by atoms with Crippen LogP contribution in [0.3, 0.4) is 0 Å². The van der Waals surface area contributed by atoms with E-state index in [1.54, 1.807) is 13.8 Å². The SMILES string of the molecule is COC(=O)NC(=O)[C@H](C)OC(=O)[C@@H](NC(=O)Cc1ccccc1)C(C)C. The molecule has 0 aliphatic rings. The first-order chi connectivity index (χ1) is 12.2.